The van der Waals surface area contributed by atoms with E-state index >= 15 is 0 Å². The zero-order chi connectivity index (χ0) is 13.5. The van der Waals surface area contributed by atoms with Gasteiger partial charge in [-0.2, -0.15) is 0 Å². The van der Waals surface area contributed by atoms with Crippen LogP contribution in [0.15, 0.2) is 0 Å². The van der Waals surface area contributed by atoms with Gasteiger partial charge in [0.25, 0.3) is 0 Å². The van der Waals surface area contributed by atoms with Crippen LogP contribution in [-0.4, -0.2) is 37.1 Å². The monoisotopic (exact) mass is 266 g/mol. The lowest BCUT2D eigenvalue weighted by Gasteiger charge is -2.34. The molecular formula is C17H34N2. The van der Waals surface area contributed by atoms with Gasteiger partial charge in [0.1, 0.15) is 0 Å². The molecule has 2 fully saturated rings. The molecule has 0 amide bonds. The van der Waals surface area contributed by atoms with Crippen LogP contribution in [0.2, 0.25) is 0 Å². The van der Waals surface area contributed by atoms with Gasteiger partial charge >= 0.3 is 0 Å². The molecule has 2 atom stereocenters. The number of rotatable bonds is 6. The first-order valence-corrected chi connectivity index (χ1v) is 8.73. The van der Waals surface area contributed by atoms with Gasteiger partial charge in [-0.15, -0.1) is 0 Å². The summed E-state index contributed by atoms with van der Waals surface area (Å²) in [5.41, 5.74) is 0. The lowest BCUT2D eigenvalue weighted by atomic mass is 9.81. The van der Waals surface area contributed by atoms with E-state index in [1.54, 1.807) is 0 Å². The minimum Gasteiger partial charge on any atom is -0.314 e. The van der Waals surface area contributed by atoms with Crippen molar-refractivity contribution in [3.05, 3.63) is 0 Å². The van der Waals surface area contributed by atoms with Crippen molar-refractivity contribution in [2.45, 2.75) is 71.3 Å². The molecule has 1 saturated carbocycles. The molecule has 112 valence electrons. The Kier molecular flexibility index (Phi) is 6.66. The molecule has 0 radical (unpaired) electrons. The Labute approximate surface area is 120 Å². The fourth-order valence-corrected chi connectivity index (χ4v) is 3.90. The van der Waals surface area contributed by atoms with Crippen LogP contribution in [0.5, 0.6) is 0 Å². The Balaban J connectivity index is 1.57. The van der Waals surface area contributed by atoms with Gasteiger partial charge in [0.15, 0.2) is 0 Å². The van der Waals surface area contributed by atoms with Crippen LogP contribution < -0.4 is 5.32 Å². The minimum absolute atomic E-state index is 0.797. The van der Waals surface area contributed by atoms with Gasteiger partial charge in [0.2, 0.25) is 0 Å². The number of hydrogen-bond acceptors (Lipinski definition) is 2. The second kappa shape index (κ2) is 8.26. The molecular weight excluding hydrogens is 232 g/mol. The molecule has 19 heavy (non-hydrogen) atoms. The molecule has 1 aliphatic carbocycles. The number of piperidine rings is 1. The molecule has 0 aromatic heterocycles. The maximum Gasteiger partial charge on any atom is 0.00914 e. The van der Waals surface area contributed by atoms with Crippen molar-refractivity contribution in [3.63, 3.8) is 0 Å². The standard InChI is InChI=1S/C17H34N2/c1-3-10-18-17-8-12-19(13-9-17)11-7-16-6-4-5-15(2)14-16/h15-18H,3-14H2,1-2H3. The van der Waals surface area contributed by atoms with Crippen molar-refractivity contribution < 1.29 is 0 Å². The molecule has 2 heteroatoms. The first-order valence-electron chi connectivity index (χ1n) is 8.73. The van der Waals surface area contributed by atoms with Crippen molar-refractivity contribution in [2.24, 2.45) is 11.8 Å². The van der Waals surface area contributed by atoms with Crippen LogP contribution in [0.3, 0.4) is 0 Å². The molecule has 2 rings (SSSR count). The van der Waals surface area contributed by atoms with Crippen LogP contribution in [0.1, 0.15) is 65.2 Å². The minimum atomic E-state index is 0.797. The molecule has 0 bridgehead atoms. The first kappa shape index (κ1) is 15.3. The zero-order valence-corrected chi connectivity index (χ0v) is 13.2. The Hall–Kier alpha value is -0.0800. The summed E-state index contributed by atoms with van der Waals surface area (Å²) >= 11 is 0. The van der Waals surface area contributed by atoms with E-state index in [1.165, 1.54) is 77.5 Å². The van der Waals surface area contributed by atoms with Crippen molar-refractivity contribution in [3.8, 4) is 0 Å². The SMILES string of the molecule is CCCNC1CCN(CCC2CCCC(C)C2)CC1. The van der Waals surface area contributed by atoms with Crippen molar-refractivity contribution in [1.29, 1.82) is 0 Å². The van der Waals surface area contributed by atoms with E-state index in [4.69, 9.17) is 0 Å². The highest BCUT2D eigenvalue weighted by Crippen LogP contribution is 2.30. The molecule has 1 saturated heterocycles. The topological polar surface area (TPSA) is 15.3 Å². The molecule has 0 aromatic rings. The molecule has 0 spiro atoms. The third kappa shape index (κ3) is 5.43. The normalized spacial score (nSPS) is 30.6. The summed E-state index contributed by atoms with van der Waals surface area (Å²) in [5.74, 6) is 2.02. The van der Waals surface area contributed by atoms with Crippen molar-refractivity contribution in [1.82, 2.24) is 10.2 Å². The lowest BCUT2D eigenvalue weighted by molar-refractivity contribution is 0.171. The van der Waals surface area contributed by atoms with Gasteiger partial charge in [-0.3, -0.25) is 0 Å². The van der Waals surface area contributed by atoms with Gasteiger partial charge in [0.05, 0.1) is 0 Å². The average Bonchev–Trinajstić information content (AvgIpc) is 2.44. The maximum atomic E-state index is 3.68. The summed E-state index contributed by atoms with van der Waals surface area (Å²) in [6.45, 7) is 9.90. The van der Waals surface area contributed by atoms with E-state index in [0.717, 1.165) is 17.9 Å². The fourth-order valence-electron chi connectivity index (χ4n) is 3.90. The summed E-state index contributed by atoms with van der Waals surface area (Å²) in [4.78, 5) is 2.71. The van der Waals surface area contributed by atoms with Crippen molar-refractivity contribution >= 4 is 0 Å². The third-order valence-electron chi connectivity index (χ3n) is 5.17. The van der Waals surface area contributed by atoms with Gasteiger partial charge in [-0.25, -0.2) is 0 Å². The van der Waals surface area contributed by atoms with Crippen LogP contribution in [0.25, 0.3) is 0 Å². The maximum absolute atomic E-state index is 3.68. The molecule has 1 heterocycles. The van der Waals surface area contributed by atoms with Gasteiger partial charge < -0.3 is 10.2 Å². The Morgan fingerprint density at radius 1 is 1.11 bits per heavy atom. The molecule has 1 N–H and O–H groups in total. The Morgan fingerprint density at radius 3 is 2.58 bits per heavy atom. The highest BCUT2D eigenvalue weighted by atomic mass is 15.1. The average molecular weight is 266 g/mol. The third-order valence-corrected chi connectivity index (χ3v) is 5.17. The zero-order valence-electron chi connectivity index (χ0n) is 13.2. The first-order chi connectivity index (χ1) is 9.28. The highest BCUT2D eigenvalue weighted by molar-refractivity contribution is 4.78. The number of likely N-dealkylation sites (tertiary alicyclic amines) is 1. The second-order valence-electron chi connectivity index (χ2n) is 7.00. The van der Waals surface area contributed by atoms with Crippen LogP contribution >= 0.6 is 0 Å². The summed E-state index contributed by atoms with van der Waals surface area (Å²) in [7, 11) is 0. The van der Waals surface area contributed by atoms with E-state index in [2.05, 4.69) is 24.1 Å². The smallest absolute Gasteiger partial charge is 0.00914 e. The number of hydrogen-bond donors (Lipinski definition) is 1. The number of nitrogens with one attached hydrogen (secondary N) is 1. The molecule has 2 unspecified atom stereocenters. The summed E-state index contributed by atoms with van der Waals surface area (Å²) < 4.78 is 0. The van der Waals surface area contributed by atoms with Crippen molar-refractivity contribution in [2.75, 3.05) is 26.2 Å². The van der Waals surface area contributed by atoms with Gasteiger partial charge in [-0.1, -0.05) is 33.1 Å². The predicted octanol–water partition coefficient (Wildman–Crippen LogP) is 3.67. The van der Waals surface area contributed by atoms with Crippen LogP contribution in [0, 0.1) is 11.8 Å². The van der Waals surface area contributed by atoms with Gasteiger partial charge in [0, 0.05) is 6.04 Å². The summed E-state index contributed by atoms with van der Waals surface area (Å²) in [6.07, 6.45) is 11.4. The van der Waals surface area contributed by atoms with E-state index in [1.807, 2.05) is 0 Å². The quantitative estimate of drug-likeness (QED) is 0.789. The number of nitrogens with zero attached hydrogens (tertiary/aromatic N) is 1. The lowest BCUT2D eigenvalue weighted by Crippen LogP contribution is -2.43. The molecule has 0 aromatic carbocycles. The van der Waals surface area contributed by atoms with E-state index < -0.39 is 0 Å². The van der Waals surface area contributed by atoms with Crippen LogP contribution in [-0.2, 0) is 0 Å². The van der Waals surface area contributed by atoms with Gasteiger partial charge in [-0.05, 0) is 70.1 Å². The highest BCUT2D eigenvalue weighted by Gasteiger charge is 2.22. The molecule has 2 aliphatic rings. The van der Waals surface area contributed by atoms with E-state index in [9.17, 15) is 0 Å². The molecule has 1 aliphatic heterocycles. The summed E-state index contributed by atoms with van der Waals surface area (Å²) in [5, 5.41) is 3.68. The van der Waals surface area contributed by atoms with E-state index in [-0.39, 0.29) is 0 Å². The predicted molar refractivity (Wildman–Crippen MR) is 83.5 cm³/mol. The second-order valence-corrected chi connectivity index (χ2v) is 7.00. The Morgan fingerprint density at radius 2 is 1.89 bits per heavy atom. The molecule has 2 nitrogen and oxygen atoms in total. The van der Waals surface area contributed by atoms with Crippen LogP contribution in [0.4, 0.5) is 0 Å². The largest absolute Gasteiger partial charge is 0.314 e. The summed E-state index contributed by atoms with van der Waals surface area (Å²) in [6, 6.07) is 0.797. The van der Waals surface area contributed by atoms with E-state index in [0.29, 0.717) is 0 Å². The fraction of sp³-hybridized carbons (Fsp3) is 1.00. The Bertz CT molecular complexity index is 233.